The van der Waals surface area contributed by atoms with Crippen molar-refractivity contribution in [3.05, 3.63) is 29.3 Å². The third-order valence-electron chi connectivity index (χ3n) is 3.00. The molecule has 0 spiro atoms. The van der Waals surface area contributed by atoms with Crippen LogP contribution in [-0.4, -0.2) is 36.5 Å². The van der Waals surface area contributed by atoms with E-state index in [4.69, 9.17) is 10.2 Å². The van der Waals surface area contributed by atoms with E-state index in [0.717, 1.165) is 0 Å². The van der Waals surface area contributed by atoms with Crippen molar-refractivity contribution in [3.8, 4) is 0 Å². The molecule has 92 valence electrons. The number of hydrogen-bond acceptors (Lipinski definition) is 4. The van der Waals surface area contributed by atoms with E-state index in [1.54, 1.807) is 0 Å². The van der Waals surface area contributed by atoms with Crippen LogP contribution in [0.2, 0.25) is 0 Å². The molecule has 2 N–H and O–H groups in total. The first kappa shape index (κ1) is 12.1. The zero-order valence-corrected chi connectivity index (χ0v) is 9.77. The number of hydrogen-bond donors (Lipinski definition) is 2. The van der Waals surface area contributed by atoms with Gasteiger partial charge in [-0.15, -0.1) is 0 Å². The Morgan fingerprint density at radius 3 is 2.71 bits per heavy atom. The van der Waals surface area contributed by atoms with Gasteiger partial charge in [0.25, 0.3) is 0 Å². The first-order valence-corrected chi connectivity index (χ1v) is 6.72. The molecule has 0 saturated heterocycles. The molecule has 0 aromatic heterocycles. The molecule has 0 bridgehead atoms. The van der Waals surface area contributed by atoms with Crippen molar-refractivity contribution in [3.63, 3.8) is 0 Å². The second kappa shape index (κ2) is 4.12. The van der Waals surface area contributed by atoms with E-state index in [0.29, 0.717) is 18.4 Å². The average molecular weight is 256 g/mol. The minimum Gasteiger partial charge on any atom is -0.478 e. The number of aliphatic hydroxyl groups excluding tert-OH is 1. The predicted molar refractivity (Wildman–Crippen MR) is 59.8 cm³/mol. The summed E-state index contributed by atoms with van der Waals surface area (Å²) in [6, 6.07) is 4.11. The van der Waals surface area contributed by atoms with Crippen molar-refractivity contribution < 1.29 is 23.4 Å². The standard InChI is InChI=1S/C11H12O5S/c12-6-9-4-3-7-1-2-8(11(13)14)5-10(7)17(9,15)16/h1-2,5,9,12H,3-4,6H2,(H,13,14). The van der Waals surface area contributed by atoms with Gasteiger partial charge in [0.15, 0.2) is 9.84 Å². The Kier molecular flexibility index (Phi) is 2.92. The third kappa shape index (κ3) is 1.94. The lowest BCUT2D eigenvalue weighted by atomic mass is 10.1. The number of aryl methyl sites for hydroxylation is 1. The van der Waals surface area contributed by atoms with Gasteiger partial charge in [-0.1, -0.05) is 6.07 Å². The highest BCUT2D eigenvalue weighted by Gasteiger charge is 2.33. The lowest BCUT2D eigenvalue weighted by Gasteiger charge is -2.23. The highest BCUT2D eigenvalue weighted by molar-refractivity contribution is 7.92. The predicted octanol–water partition coefficient (Wildman–Crippen LogP) is 0.466. The minimum atomic E-state index is -3.60. The Labute approximate surface area is 98.6 Å². The fourth-order valence-electron chi connectivity index (χ4n) is 2.00. The Bertz CT molecular complexity index is 561. The number of aromatic carboxylic acids is 1. The minimum absolute atomic E-state index is 0.0442. The Hall–Kier alpha value is -1.40. The number of carboxylic acid groups (broad SMARTS) is 1. The Balaban J connectivity index is 2.60. The molecular formula is C11H12O5S. The van der Waals surface area contributed by atoms with Crippen LogP contribution in [0, 0.1) is 0 Å². The van der Waals surface area contributed by atoms with Gasteiger partial charge in [0, 0.05) is 0 Å². The molecule has 6 heteroatoms. The molecule has 1 aromatic rings. The summed E-state index contributed by atoms with van der Waals surface area (Å²) in [5.74, 6) is -1.16. The summed E-state index contributed by atoms with van der Waals surface area (Å²) in [6.07, 6.45) is 0.915. The zero-order chi connectivity index (χ0) is 12.6. The molecule has 1 aliphatic rings. The van der Waals surface area contributed by atoms with E-state index in [1.165, 1.54) is 18.2 Å². The lowest BCUT2D eigenvalue weighted by Crippen LogP contribution is -2.30. The molecule has 0 amide bonds. The number of carboxylic acids is 1. The van der Waals surface area contributed by atoms with Crippen molar-refractivity contribution in [2.24, 2.45) is 0 Å². The van der Waals surface area contributed by atoms with Gasteiger partial charge in [0.05, 0.1) is 22.3 Å². The molecule has 5 nitrogen and oxygen atoms in total. The summed E-state index contributed by atoms with van der Waals surface area (Å²) < 4.78 is 24.1. The molecule has 1 unspecified atom stereocenters. The van der Waals surface area contributed by atoms with E-state index < -0.39 is 27.7 Å². The van der Waals surface area contributed by atoms with Gasteiger partial charge >= 0.3 is 5.97 Å². The molecule has 1 atom stereocenters. The van der Waals surface area contributed by atoms with E-state index in [1.807, 2.05) is 0 Å². The zero-order valence-electron chi connectivity index (χ0n) is 8.96. The summed E-state index contributed by atoms with van der Waals surface area (Å²) in [4.78, 5) is 10.8. The first-order chi connectivity index (χ1) is 7.96. The largest absolute Gasteiger partial charge is 0.478 e. The first-order valence-electron chi connectivity index (χ1n) is 5.18. The van der Waals surface area contributed by atoms with Crippen LogP contribution in [0.15, 0.2) is 23.1 Å². The van der Waals surface area contributed by atoms with Crippen molar-refractivity contribution >= 4 is 15.8 Å². The van der Waals surface area contributed by atoms with Gasteiger partial charge in [-0.05, 0) is 30.5 Å². The molecule has 2 rings (SSSR count). The summed E-state index contributed by atoms with van der Waals surface area (Å²) in [5.41, 5.74) is 0.575. The summed E-state index contributed by atoms with van der Waals surface area (Å²) in [6.45, 7) is -0.431. The van der Waals surface area contributed by atoms with Gasteiger partial charge < -0.3 is 10.2 Å². The van der Waals surface area contributed by atoms with Crippen LogP contribution in [0.3, 0.4) is 0 Å². The number of aliphatic hydroxyl groups is 1. The van der Waals surface area contributed by atoms with E-state index in [9.17, 15) is 13.2 Å². The number of sulfone groups is 1. The van der Waals surface area contributed by atoms with E-state index in [-0.39, 0.29) is 10.5 Å². The quantitative estimate of drug-likeness (QED) is 0.802. The number of benzene rings is 1. The van der Waals surface area contributed by atoms with Gasteiger partial charge in [-0.25, -0.2) is 13.2 Å². The van der Waals surface area contributed by atoms with Gasteiger partial charge in [-0.2, -0.15) is 0 Å². The summed E-state index contributed by atoms with van der Waals surface area (Å²) in [7, 11) is -3.60. The third-order valence-corrected chi connectivity index (χ3v) is 5.25. The maximum atomic E-state index is 12.1. The van der Waals surface area contributed by atoms with Crippen LogP contribution in [0.5, 0.6) is 0 Å². The second-order valence-corrected chi connectivity index (χ2v) is 6.21. The maximum Gasteiger partial charge on any atom is 0.335 e. The summed E-state index contributed by atoms with van der Waals surface area (Å²) >= 11 is 0. The Morgan fingerprint density at radius 1 is 1.41 bits per heavy atom. The Morgan fingerprint density at radius 2 is 2.12 bits per heavy atom. The van der Waals surface area contributed by atoms with E-state index in [2.05, 4.69) is 0 Å². The SMILES string of the molecule is O=C(O)c1ccc2c(c1)S(=O)(=O)C(CO)CC2. The fourth-order valence-corrected chi connectivity index (χ4v) is 3.81. The topological polar surface area (TPSA) is 91.7 Å². The molecule has 0 fully saturated rings. The van der Waals surface area contributed by atoms with Crippen LogP contribution in [-0.2, 0) is 16.3 Å². The lowest BCUT2D eigenvalue weighted by molar-refractivity contribution is 0.0696. The molecule has 1 aromatic carbocycles. The van der Waals surface area contributed by atoms with Crippen molar-refractivity contribution in [1.29, 1.82) is 0 Å². The molecule has 1 heterocycles. The smallest absolute Gasteiger partial charge is 0.335 e. The molecule has 0 aliphatic carbocycles. The molecule has 1 aliphatic heterocycles. The van der Waals surface area contributed by atoms with Crippen molar-refractivity contribution in [2.75, 3.05) is 6.61 Å². The molecule has 17 heavy (non-hydrogen) atoms. The van der Waals surface area contributed by atoms with Crippen LogP contribution >= 0.6 is 0 Å². The van der Waals surface area contributed by atoms with Crippen molar-refractivity contribution in [2.45, 2.75) is 23.0 Å². The van der Waals surface area contributed by atoms with Gasteiger partial charge in [-0.3, -0.25) is 0 Å². The molecule has 0 radical (unpaired) electrons. The number of rotatable bonds is 2. The monoisotopic (exact) mass is 256 g/mol. The van der Waals surface area contributed by atoms with Gasteiger partial charge in [0.1, 0.15) is 0 Å². The van der Waals surface area contributed by atoms with E-state index >= 15 is 0 Å². The highest BCUT2D eigenvalue weighted by Crippen LogP contribution is 2.30. The normalized spacial score (nSPS) is 21.8. The number of carbonyl (C=O) groups is 1. The second-order valence-electron chi connectivity index (χ2n) is 4.02. The van der Waals surface area contributed by atoms with Crippen LogP contribution in [0.25, 0.3) is 0 Å². The fraction of sp³-hybridized carbons (Fsp3) is 0.364. The van der Waals surface area contributed by atoms with Crippen LogP contribution in [0.4, 0.5) is 0 Å². The number of fused-ring (bicyclic) bond motifs is 1. The maximum absolute atomic E-state index is 12.1. The highest BCUT2D eigenvalue weighted by atomic mass is 32.2. The summed E-state index contributed by atoms with van der Waals surface area (Å²) in [5, 5.41) is 17.1. The van der Waals surface area contributed by atoms with Crippen LogP contribution < -0.4 is 0 Å². The molecular weight excluding hydrogens is 244 g/mol. The van der Waals surface area contributed by atoms with Crippen molar-refractivity contribution in [1.82, 2.24) is 0 Å². The molecule has 0 saturated carbocycles. The average Bonchev–Trinajstić information content (AvgIpc) is 2.28. The van der Waals surface area contributed by atoms with Crippen LogP contribution in [0.1, 0.15) is 22.3 Å². The van der Waals surface area contributed by atoms with Gasteiger partial charge in [0.2, 0.25) is 0 Å².